The van der Waals surface area contributed by atoms with Crippen LogP contribution in [0.1, 0.15) is 23.1 Å². The van der Waals surface area contributed by atoms with Crippen molar-refractivity contribution in [3.63, 3.8) is 0 Å². The number of hydrogen-bond donors (Lipinski definition) is 2. The van der Waals surface area contributed by atoms with Crippen LogP contribution >= 0.6 is 0 Å². The Morgan fingerprint density at radius 3 is 2.16 bits per heavy atom. The number of H-pyrrole nitrogens is 1. The van der Waals surface area contributed by atoms with E-state index in [4.69, 9.17) is 9.98 Å². The minimum Gasteiger partial charge on any atom is -0.372 e. The number of aryl methyl sites for hydroxylation is 2. The molecule has 8 bridgehead atoms. The second kappa shape index (κ2) is 7.06. The van der Waals surface area contributed by atoms with E-state index in [1.165, 1.54) is 16.7 Å². The molecule has 0 radical (unpaired) electrons. The summed E-state index contributed by atoms with van der Waals surface area (Å²) >= 11 is 0. The molecule has 5 heterocycles. The van der Waals surface area contributed by atoms with Crippen LogP contribution in [0.15, 0.2) is 99.9 Å². The fourth-order valence-corrected chi connectivity index (χ4v) is 4.76. The summed E-state index contributed by atoms with van der Waals surface area (Å²) in [7, 11) is 0. The number of fused-ring (bicyclic) bond motifs is 6. The molecule has 2 aromatic rings. The first-order valence-corrected chi connectivity index (χ1v) is 11.0. The van der Waals surface area contributed by atoms with Gasteiger partial charge in [0.25, 0.3) is 0 Å². The highest BCUT2D eigenvalue weighted by molar-refractivity contribution is 6.20. The van der Waals surface area contributed by atoms with Crippen molar-refractivity contribution in [3.05, 3.63) is 117 Å². The molecule has 1 aromatic heterocycles. The summed E-state index contributed by atoms with van der Waals surface area (Å²) in [6.07, 6.45) is 19.9. The van der Waals surface area contributed by atoms with Crippen molar-refractivity contribution in [3.8, 4) is 0 Å². The Morgan fingerprint density at radius 2 is 1.44 bits per heavy atom. The molecule has 6 rings (SSSR count). The van der Waals surface area contributed by atoms with Gasteiger partial charge in [-0.3, -0.25) is 0 Å². The third kappa shape index (κ3) is 3.44. The Balaban J connectivity index is 1.54. The fourth-order valence-electron chi connectivity index (χ4n) is 4.76. The highest BCUT2D eigenvalue weighted by Crippen LogP contribution is 2.37. The molecule has 0 saturated carbocycles. The normalized spacial score (nSPS) is 22.9. The van der Waals surface area contributed by atoms with E-state index in [0.717, 1.165) is 45.6 Å². The summed E-state index contributed by atoms with van der Waals surface area (Å²) in [4.78, 5) is 13.1. The van der Waals surface area contributed by atoms with Gasteiger partial charge < -0.3 is 10.3 Å². The van der Waals surface area contributed by atoms with Crippen LogP contribution in [0.4, 0.5) is 0 Å². The Kier molecular flexibility index (Phi) is 4.15. The Morgan fingerprint density at radius 1 is 0.781 bits per heavy atom. The molecule has 156 valence electrons. The molecule has 4 aliphatic rings. The van der Waals surface area contributed by atoms with Gasteiger partial charge in [0.2, 0.25) is 0 Å². The van der Waals surface area contributed by atoms with Crippen molar-refractivity contribution < 1.29 is 0 Å². The first kappa shape index (κ1) is 18.8. The molecule has 32 heavy (non-hydrogen) atoms. The number of allylic oxidation sites excluding steroid dienone is 5. The molecule has 1 aromatic carbocycles. The van der Waals surface area contributed by atoms with Crippen LogP contribution in [0.2, 0.25) is 0 Å². The van der Waals surface area contributed by atoms with E-state index in [1.54, 1.807) is 0 Å². The average Bonchev–Trinajstić information content (AvgIpc) is 3.52. The van der Waals surface area contributed by atoms with E-state index in [2.05, 4.69) is 109 Å². The lowest BCUT2D eigenvalue weighted by Crippen LogP contribution is -2.35. The van der Waals surface area contributed by atoms with Gasteiger partial charge >= 0.3 is 0 Å². The molecule has 0 saturated heterocycles. The highest BCUT2D eigenvalue weighted by Gasteiger charge is 2.34. The molecule has 2 N–H and O–H groups in total. The molecule has 4 aliphatic heterocycles. The standard InChI is InChI=1S/C28H24N4/c1-18-11-19(2)13-20(12-18)28-10-9-26(32-28)16-25-6-5-22(30-25)14-21-3-4-23(29-21)15-24-7-8-27(17-28)31-24/h3-9,11-17,29,32H,10H2,1-2H3. The lowest BCUT2D eigenvalue weighted by molar-refractivity contribution is 0.503. The van der Waals surface area contributed by atoms with Gasteiger partial charge in [0.1, 0.15) is 0 Å². The van der Waals surface area contributed by atoms with Gasteiger partial charge in [0.05, 0.1) is 28.4 Å². The molecule has 1 unspecified atom stereocenters. The number of rotatable bonds is 1. The number of aliphatic imine (C=N–C) groups is 2. The topological polar surface area (TPSA) is 52.5 Å². The lowest BCUT2D eigenvalue weighted by Gasteiger charge is -2.29. The molecular formula is C28H24N4. The van der Waals surface area contributed by atoms with Gasteiger partial charge in [0, 0.05) is 16.4 Å². The smallest absolute Gasteiger partial charge is 0.0868 e. The molecule has 0 aliphatic carbocycles. The third-order valence-corrected chi connectivity index (χ3v) is 6.15. The van der Waals surface area contributed by atoms with E-state index >= 15 is 0 Å². The molecule has 0 amide bonds. The third-order valence-electron chi connectivity index (χ3n) is 6.15. The summed E-state index contributed by atoms with van der Waals surface area (Å²) in [6, 6.07) is 10.9. The van der Waals surface area contributed by atoms with Crippen molar-refractivity contribution >= 4 is 23.6 Å². The SMILES string of the molecule is Cc1cc(C)cc(C23C=C4C=CC(=N4)C=c4ccc([nH]4)=CC4=NC(=CC(=CC2)N3)C=C4)c1. The van der Waals surface area contributed by atoms with Crippen molar-refractivity contribution in [1.29, 1.82) is 0 Å². The second-order valence-corrected chi connectivity index (χ2v) is 8.87. The van der Waals surface area contributed by atoms with E-state index in [0.29, 0.717) is 0 Å². The summed E-state index contributed by atoms with van der Waals surface area (Å²) in [5.74, 6) is 0. The van der Waals surface area contributed by atoms with Gasteiger partial charge in [-0.15, -0.1) is 0 Å². The number of aromatic amines is 1. The summed E-state index contributed by atoms with van der Waals surface area (Å²) in [5.41, 5.74) is 8.31. The lowest BCUT2D eigenvalue weighted by atomic mass is 9.85. The molecule has 1 atom stereocenters. The van der Waals surface area contributed by atoms with Crippen molar-refractivity contribution in [1.82, 2.24) is 10.3 Å². The fraction of sp³-hybridized carbons (Fsp3) is 0.143. The van der Waals surface area contributed by atoms with Crippen LogP contribution in [0.5, 0.6) is 0 Å². The van der Waals surface area contributed by atoms with Gasteiger partial charge in [-0.05, 0) is 86.6 Å². The Labute approximate surface area is 187 Å². The van der Waals surface area contributed by atoms with Crippen LogP contribution in [0.25, 0.3) is 12.2 Å². The van der Waals surface area contributed by atoms with Crippen molar-refractivity contribution in [2.75, 3.05) is 0 Å². The van der Waals surface area contributed by atoms with E-state index in [9.17, 15) is 0 Å². The monoisotopic (exact) mass is 416 g/mol. The average molecular weight is 417 g/mol. The zero-order valence-electron chi connectivity index (χ0n) is 18.2. The number of aromatic nitrogens is 1. The van der Waals surface area contributed by atoms with Crippen molar-refractivity contribution in [2.24, 2.45) is 9.98 Å². The Hall–Kier alpha value is -3.92. The quantitative estimate of drug-likeness (QED) is 0.731. The maximum absolute atomic E-state index is 4.89. The zero-order valence-corrected chi connectivity index (χ0v) is 18.2. The predicted octanol–water partition coefficient (Wildman–Crippen LogP) is 3.77. The maximum Gasteiger partial charge on any atom is 0.0868 e. The van der Waals surface area contributed by atoms with E-state index in [-0.39, 0.29) is 5.54 Å². The van der Waals surface area contributed by atoms with Crippen LogP contribution in [-0.2, 0) is 5.54 Å². The number of hydrogen-bond acceptors (Lipinski definition) is 3. The minimum absolute atomic E-state index is 0.348. The van der Waals surface area contributed by atoms with Gasteiger partial charge in [-0.1, -0.05) is 35.4 Å². The molecule has 4 nitrogen and oxygen atoms in total. The minimum atomic E-state index is -0.348. The maximum atomic E-state index is 4.89. The van der Waals surface area contributed by atoms with Crippen LogP contribution < -0.4 is 16.0 Å². The summed E-state index contributed by atoms with van der Waals surface area (Å²) < 4.78 is 0. The van der Waals surface area contributed by atoms with Gasteiger partial charge in [-0.2, -0.15) is 0 Å². The van der Waals surface area contributed by atoms with Gasteiger partial charge in [-0.25, -0.2) is 9.98 Å². The highest BCUT2D eigenvalue weighted by atomic mass is 15.0. The molecular weight excluding hydrogens is 392 g/mol. The molecule has 4 heteroatoms. The number of nitrogens with one attached hydrogen (secondary N) is 2. The Bertz CT molecular complexity index is 1460. The second-order valence-electron chi connectivity index (χ2n) is 8.87. The van der Waals surface area contributed by atoms with E-state index in [1.807, 2.05) is 0 Å². The summed E-state index contributed by atoms with van der Waals surface area (Å²) in [5, 5.41) is 5.85. The summed E-state index contributed by atoms with van der Waals surface area (Å²) in [6.45, 7) is 4.31. The van der Waals surface area contributed by atoms with E-state index < -0.39 is 0 Å². The first-order chi connectivity index (χ1) is 15.5. The first-order valence-electron chi connectivity index (χ1n) is 11.0. The molecule has 0 spiro atoms. The molecule has 0 fully saturated rings. The predicted molar refractivity (Wildman–Crippen MR) is 132 cm³/mol. The zero-order chi connectivity index (χ0) is 21.7. The van der Waals surface area contributed by atoms with Crippen molar-refractivity contribution in [2.45, 2.75) is 25.8 Å². The largest absolute Gasteiger partial charge is 0.372 e. The van der Waals surface area contributed by atoms with Crippen LogP contribution in [0.3, 0.4) is 0 Å². The van der Waals surface area contributed by atoms with Gasteiger partial charge in [0.15, 0.2) is 0 Å². The number of nitrogens with zero attached hydrogens (tertiary/aromatic N) is 2. The van der Waals surface area contributed by atoms with Crippen LogP contribution in [-0.4, -0.2) is 16.4 Å². The van der Waals surface area contributed by atoms with Crippen LogP contribution in [0, 0.1) is 13.8 Å². The number of benzene rings is 1.